The summed E-state index contributed by atoms with van der Waals surface area (Å²) in [5, 5.41) is 11.0. The van der Waals surface area contributed by atoms with Gasteiger partial charge in [0, 0.05) is 22.2 Å². The van der Waals surface area contributed by atoms with Gasteiger partial charge in [0.1, 0.15) is 0 Å². The fourth-order valence-corrected chi connectivity index (χ4v) is 2.38. The summed E-state index contributed by atoms with van der Waals surface area (Å²) in [7, 11) is 0. The van der Waals surface area contributed by atoms with Crippen LogP contribution in [0.3, 0.4) is 0 Å². The normalized spacial score (nSPS) is 11.0. The zero-order chi connectivity index (χ0) is 15.2. The SMILES string of the molecule is Cc1n[nH]c(C)c1CCC(=O)NN=Cc1ccccc1Br. The Labute approximate surface area is 132 Å². The van der Waals surface area contributed by atoms with Crippen LogP contribution in [0.5, 0.6) is 0 Å². The maximum Gasteiger partial charge on any atom is 0.240 e. The van der Waals surface area contributed by atoms with Gasteiger partial charge in [-0.3, -0.25) is 9.89 Å². The van der Waals surface area contributed by atoms with Crippen molar-refractivity contribution in [3.05, 3.63) is 51.3 Å². The van der Waals surface area contributed by atoms with Gasteiger partial charge in [-0.1, -0.05) is 34.1 Å². The number of halogens is 1. The van der Waals surface area contributed by atoms with E-state index in [1.165, 1.54) is 0 Å². The van der Waals surface area contributed by atoms with E-state index in [-0.39, 0.29) is 5.91 Å². The lowest BCUT2D eigenvalue weighted by atomic mass is 10.1. The van der Waals surface area contributed by atoms with Crippen LogP contribution in [0.25, 0.3) is 0 Å². The van der Waals surface area contributed by atoms with Crippen molar-refractivity contribution in [2.45, 2.75) is 26.7 Å². The molecule has 5 nitrogen and oxygen atoms in total. The molecule has 2 N–H and O–H groups in total. The van der Waals surface area contributed by atoms with E-state index in [1.54, 1.807) is 6.21 Å². The minimum atomic E-state index is -0.113. The maximum absolute atomic E-state index is 11.8. The molecule has 0 aliphatic rings. The second kappa shape index (κ2) is 7.17. The summed E-state index contributed by atoms with van der Waals surface area (Å²) in [6, 6.07) is 7.68. The van der Waals surface area contributed by atoms with Crippen LogP contribution in [-0.4, -0.2) is 22.3 Å². The number of hydrazone groups is 1. The molecule has 0 saturated carbocycles. The minimum Gasteiger partial charge on any atom is -0.282 e. The molecule has 0 fully saturated rings. The molecule has 2 rings (SSSR count). The van der Waals surface area contributed by atoms with Crippen LogP contribution < -0.4 is 5.43 Å². The molecule has 0 aliphatic carbocycles. The Hall–Kier alpha value is -1.95. The molecule has 1 aromatic heterocycles. The van der Waals surface area contributed by atoms with Crippen LogP contribution in [-0.2, 0) is 11.2 Å². The van der Waals surface area contributed by atoms with E-state index in [9.17, 15) is 4.79 Å². The first-order chi connectivity index (χ1) is 10.1. The van der Waals surface area contributed by atoms with Crippen molar-refractivity contribution < 1.29 is 4.79 Å². The van der Waals surface area contributed by atoms with E-state index < -0.39 is 0 Å². The Morgan fingerprint density at radius 2 is 2.19 bits per heavy atom. The largest absolute Gasteiger partial charge is 0.282 e. The number of nitrogens with zero attached hydrogens (tertiary/aromatic N) is 2. The van der Waals surface area contributed by atoms with Crippen LogP contribution in [0, 0.1) is 13.8 Å². The molecule has 0 aliphatic heterocycles. The highest BCUT2D eigenvalue weighted by molar-refractivity contribution is 9.10. The number of carbonyl (C=O) groups is 1. The van der Waals surface area contributed by atoms with E-state index in [1.807, 2.05) is 38.1 Å². The van der Waals surface area contributed by atoms with Gasteiger partial charge in [-0.25, -0.2) is 5.43 Å². The second-order valence-electron chi connectivity index (χ2n) is 4.73. The van der Waals surface area contributed by atoms with Crippen LogP contribution in [0.15, 0.2) is 33.8 Å². The maximum atomic E-state index is 11.8. The minimum absolute atomic E-state index is 0.113. The lowest BCUT2D eigenvalue weighted by Crippen LogP contribution is -2.18. The van der Waals surface area contributed by atoms with Gasteiger partial charge in [-0.15, -0.1) is 0 Å². The van der Waals surface area contributed by atoms with Crippen molar-refractivity contribution in [3.63, 3.8) is 0 Å². The van der Waals surface area contributed by atoms with Crippen molar-refractivity contribution in [1.29, 1.82) is 0 Å². The Morgan fingerprint density at radius 1 is 1.43 bits per heavy atom. The third kappa shape index (κ3) is 4.26. The predicted molar refractivity (Wildman–Crippen MR) is 86.3 cm³/mol. The highest BCUT2D eigenvalue weighted by Crippen LogP contribution is 2.13. The summed E-state index contributed by atoms with van der Waals surface area (Å²) < 4.78 is 0.938. The van der Waals surface area contributed by atoms with E-state index in [0.29, 0.717) is 12.8 Å². The fraction of sp³-hybridized carbons (Fsp3) is 0.267. The first-order valence-corrected chi connectivity index (χ1v) is 7.44. The Balaban J connectivity index is 1.84. The first kappa shape index (κ1) is 15.4. The van der Waals surface area contributed by atoms with E-state index in [0.717, 1.165) is 27.0 Å². The standard InChI is InChI=1S/C15H17BrN4O/c1-10-13(11(2)19-18-10)7-8-15(21)20-17-9-12-5-3-4-6-14(12)16/h3-6,9H,7-8H2,1-2H3,(H,18,19)(H,20,21). The molecular formula is C15H17BrN4O. The quantitative estimate of drug-likeness (QED) is 0.644. The number of nitrogens with one attached hydrogen (secondary N) is 2. The zero-order valence-electron chi connectivity index (χ0n) is 12.0. The van der Waals surface area contributed by atoms with Gasteiger partial charge >= 0.3 is 0 Å². The van der Waals surface area contributed by atoms with Gasteiger partial charge in [0.15, 0.2) is 0 Å². The number of aryl methyl sites for hydroxylation is 2. The molecule has 0 bridgehead atoms. The molecule has 0 unspecified atom stereocenters. The fourth-order valence-electron chi connectivity index (χ4n) is 1.99. The number of aromatic amines is 1. The topological polar surface area (TPSA) is 70.1 Å². The number of aromatic nitrogens is 2. The molecule has 0 spiro atoms. The Morgan fingerprint density at radius 3 is 2.86 bits per heavy atom. The van der Waals surface area contributed by atoms with Crippen molar-refractivity contribution >= 4 is 28.1 Å². The Kier molecular flexibility index (Phi) is 5.27. The number of benzene rings is 1. The highest BCUT2D eigenvalue weighted by Gasteiger charge is 2.08. The van der Waals surface area contributed by atoms with E-state index in [4.69, 9.17) is 0 Å². The van der Waals surface area contributed by atoms with Gasteiger partial charge in [0.05, 0.1) is 11.9 Å². The molecule has 1 amide bonds. The van der Waals surface area contributed by atoms with Gasteiger partial charge in [-0.05, 0) is 31.9 Å². The van der Waals surface area contributed by atoms with Crippen LogP contribution in [0.4, 0.5) is 0 Å². The predicted octanol–water partition coefficient (Wildman–Crippen LogP) is 2.87. The van der Waals surface area contributed by atoms with Crippen molar-refractivity contribution in [3.8, 4) is 0 Å². The summed E-state index contributed by atoms with van der Waals surface area (Å²) in [6.07, 6.45) is 2.66. The van der Waals surface area contributed by atoms with E-state index in [2.05, 4.69) is 36.7 Å². The molecule has 2 aromatic rings. The number of H-pyrrole nitrogens is 1. The smallest absolute Gasteiger partial charge is 0.240 e. The summed E-state index contributed by atoms with van der Waals surface area (Å²) >= 11 is 3.42. The Bertz CT molecular complexity index is 644. The summed E-state index contributed by atoms with van der Waals surface area (Å²) in [5.74, 6) is -0.113. The highest BCUT2D eigenvalue weighted by atomic mass is 79.9. The first-order valence-electron chi connectivity index (χ1n) is 6.65. The lowest BCUT2D eigenvalue weighted by molar-refractivity contribution is -0.121. The average Bonchev–Trinajstić information content (AvgIpc) is 2.78. The molecule has 0 atom stereocenters. The van der Waals surface area contributed by atoms with Crippen LogP contribution in [0.2, 0.25) is 0 Å². The number of rotatable bonds is 5. The number of hydrogen-bond acceptors (Lipinski definition) is 3. The van der Waals surface area contributed by atoms with Gasteiger partial charge in [-0.2, -0.15) is 10.2 Å². The van der Waals surface area contributed by atoms with E-state index >= 15 is 0 Å². The number of hydrogen-bond donors (Lipinski definition) is 2. The summed E-state index contributed by atoms with van der Waals surface area (Å²) in [5.41, 5.74) is 6.50. The summed E-state index contributed by atoms with van der Waals surface area (Å²) in [4.78, 5) is 11.8. The number of carbonyl (C=O) groups excluding carboxylic acids is 1. The average molecular weight is 349 g/mol. The molecule has 1 aromatic carbocycles. The number of amides is 1. The lowest BCUT2D eigenvalue weighted by Gasteiger charge is -2.01. The third-order valence-corrected chi connectivity index (χ3v) is 3.90. The molecule has 0 radical (unpaired) electrons. The van der Waals surface area contributed by atoms with Gasteiger partial charge in [0.2, 0.25) is 5.91 Å². The zero-order valence-corrected chi connectivity index (χ0v) is 13.6. The van der Waals surface area contributed by atoms with Crippen molar-refractivity contribution in [2.24, 2.45) is 5.10 Å². The van der Waals surface area contributed by atoms with Gasteiger partial charge < -0.3 is 0 Å². The molecule has 21 heavy (non-hydrogen) atoms. The molecular weight excluding hydrogens is 332 g/mol. The van der Waals surface area contributed by atoms with Crippen LogP contribution >= 0.6 is 15.9 Å². The van der Waals surface area contributed by atoms with Crippen molar-refractivity contribution in [1.82, 2.24) is 15.6 Å². The molecule has 6 heteroatoms. The van der Waals surface area contributed by atoms with Crippen LogP contribution in [0.1, 0.15) is 28.9 Å². The third-order valence-electron chi connectivity index (χ3n) is 3.18. The van der Waals surface area contributed by atoms with Gasteiger partial charge in [0.25, 0.3) is 0 Å². The van der Waals surface area contributed by atoms with Crippen molar-refractivity contribution in [2.75, 3.05) is 0 Å². The summed E-state index contributed by atoms with van der Waals surface area (Å²) in [6.45, 7) is 3.89. The molecule has 1 heterocycles. The second-order valence-corrected chi connectivity index (χ2v) is 5.58. The molecule has 0 saturated heterocycles. The molecule has 110 valence electrons. The monoisotopic (exact) mass is 348 g/mol.